The maximum atomic E-state index is 5.95. The van der Waals surface area contributed by atoms with Crippen LogP contribution in [0.4, 0.5) is 0 Å². The average Bonchev–Trinajstić information content (AvgIpc) is 2.76. The lowest BCUT2D eigenvalue weighted by Gasteiger charge is -2.14. The first-order valence-electron chi connectivity index (χ1n) is 4.72. The second-order valence-electron chi connectivity index (χ2n) is 3.30. The number of nitrogens with two attached hydrogens (primary N) is 1. The van der Waals surface area contributed by atoms with Crippen molar-refractivity contribution < 1.29 is 9.47 Å². The van der Waals surface area contributed by atoms with E-state index >= 15 is 0 Å². The van der Waals surface area contributed by atoms with Crippen LogP contribution < -0.4 is 5.73 Å². The molecule has 2 N–H and O–H groups in total. The van der Waals surface area contributed by atoms with Gasteiger partial charge in [-0.15, -0.1) is 11.3 Å². The summed E-state index contributed by atoms with van der Waals surface area (Å²) in [5, 5.41) is 3.04. The van der Waals surface area contributed by atoms with E-state index in [9.17, 15) is 0 Å². The fraction of sp³-hybridized carbons (Fsp3) is 0.667. The van der Waals surface area contributed by atoms with Crippen LogP contribution in [-0.4, -0.2) is 30.5 Å². The highest BCUT2D eigenvalue weighted by Crippen LogP contribution is 2.13. The molecular formula is C9H14N2O2S. The van der Waals surface area contributed by atoms with Crippen molar-refractivity contribution >= 4 is 11.3 Å². The Labute approximate surface area is 87.0 Å². The molecule has 4 nitrogen and oxygen atoms in total. The van der Waals surface area contributed by atoms with Crippen molar-refractivity contribution in [2.45, 2.75) is 25.2 Å². The summed E-state index contributed by atoms with van der Waals surface area (Å²) >= 11 is 1.64. The van der Waals surface area contributed by atoms with Gasteiger partial charge in [-0.05, 0) is 0 Å². The predicted molar refractivity (Wildman–Crippen MR) is 54.1 cm³/mol. The Hall–Kier alpha value is -0.490. The first-order chi connectivity index (χ1) is 6.84. The zero-order valence-corrected chi connectivity index (χ0v) is 8.70. The lowest BCUT2D eigenvalue weighted by atomic mass is 10.1. The number of ether oxygens (including phenoxy) is 2. The number of aromatic nitrogens is 1. The van der Waals surface area contributed by atoms with E-state index in [4.69, 9.17) is 15.2 Å². The molecule has 0 saturated carbocycles. The number of hydrogen-bond acceptors (Lipinski definition) is 5. The molecule has 0 radical (unpaired) electrons. The SMILES string of the molecule is NC(Cc1nccs1)CC1OCCO1. The standard InChI is InChI=1S/C9H14N2O2S/c10-7(5-8-11-1-4-14-8)6-9-12-2-3-13-9/h1,4,7,9H,2-3,5-6,10H2. The van der Waals surface area contributed by atoms with Gasteiger partial charge in [-0.2, -0.15) is 0 Å². The van der Waals surface area contributed by atoms with Gasteiger partial charge in [0, 0.05) is 30.5 Å². The van der Waals surface area contributed by atoms with Crippen LogP contribution in [0.1, 0.15) is 11.4 Å². The molecular weight excluding hydrogens is 200 g/mol. The van der Waals surface area contributed by atoms with E-state index in [0.29, 0.717) is 13.2 Å². The van der Waals surface area contributed by atoms with Crippen molar-refractivity contribution in [3.05, 3.63) is 16.6 Å². The van der Waals surface area contributed by atoms with Gasteiger partial charge >= 0.3 is 0 Å². The van der Waals surface area contributed by atoms with Gasteiger partial charge in [0.15, 0.2) is 6.29 Å². The van der Waals surface area contributed by atoms with E-state index in [0.717, 1.165) is 17.8 Å². The summed E-state index contributed by atoms with van der Waals surface area (Å²) in [7, 11) is 0. The molecule has 2 rings (SSSR count). The normalized spacial score (nSPS) is 20.1. The molecule has 2 heterocycles. The van der Waals surface area contributed by atoms with Crippen LogP contribution in [0.25, 0.3) is 0 Å². The molecule has 14 heavy (non-hydrogen) atoms. The second kappa shape index (κ2) is 4.84. The van der Waals surface area contributed by atoms with E-state index in [1.54, 1.807) is 17.5 Å². The van der Waals surface area contributed by atoms with Crippen molar-refractivity contribution in [2.24, 2.45) is 5.73 Å². The quantitative estimate of drug-likeness (QED) is 0.804. The Morgan fingerprint density at radius 2 is 2.36 bits per heavy atom. The Bertz CT molecular complexity index is 260. The maximum Gasteiger partial charge on any atom is 0.159 e. The molecule has 1 unspecified atom stereocenters. The lowest BCUT2D eigenvalue weighted by molar-refractivity contribution is -0.0504. The smallest absolute Gasteiger partial charge is 0.159 e. The molecule has 0 aliphatic carbocycles. The molecule has 0 spiro atoms. The van der Waals surface area contributed by atoms with Gasteiger partial charge in [0.2, 0.25) is 0 Å². The minimum absolute atomic E-state index is 0.0734. The summed E-state index contributed by atoms with van der Waals surface area (Å²) in [5.74, 6) is 0. The van der Waals surface area contributed by atoms with Crippen LogP contribution in [0, 0.1) is 0 Å². The van der Waals surface area contributed by atoms with E-state index in [1.165, 1.54) is 0 Å². The number of rotatable bonds is 4. The highest BCUT2D eigenvalue weighted by Gasteiger charge is 2.19. The van der Waals surface area contributed by atoms with Gasteiger partial charge in [0.05, 0.1) is 18.2 Å². The Morgan fingerprint density at radius 1 is 1.57 bits per heavy atom. The summed E-state index contributed by atoms with van der Waals surface area (Å²) < 4.78 is 10.6. The largest absolute Gasteiger partial charge is 0.350 e. The third-order valence-corrected chi connectivity index (χ3v) is 2.91. The summed E-state index contributed by atoms with van der Waals surface area (Å²) in [6.07, 6.45) is 3.25. The molecule has 1 aliphatic heterocycles. The Morgan fingerprint density at radius 3 is 3.00 bits per heavy atom. The van der Waals surface area contributed by atoms with Gasteiger partial charge in [-0.3, -0.25) is 0 Å². The molecule has 1 aromatic rings. The van der Waals surface area contributed by atoms with Crippen LogP contribution in [0.5, 0.6) is 0 Å². The molecule has 0 amide bonds. The van der Waals surface area contributed by atoms with Crippen molar-refractivity contribution in [3.63, 3.8) is 0 Å². The van der Waals surface area contributed by atoms with E-state index in [-0.39, 0.29) is 12.3 Å². The zero-order chi connectivity index (χ0) is 9.80. The van der Waals surface area contributed by atoms with Gasteiger partial charge in [0.25, 0.3) is 0 Å². The zero-order valence-electron chi connectivity index (χ0n) is 7.89. The first kappa shape index (κ1) is 10.0. The summed E-state index contributed by atoms with van der Waals surface area (Å²) in [6, 6.07) is 0.0734. The fourth-order valence-corrected chi connectivity index (χ4v) is 2.16. The van der Waals surface area contributed by atoms with Crippen molar-refractivity contribution in [1.29, 1.82) is 0 Å². The molecule has 1 aromatic heterocycles. The Kier molecular flexibility index (Phi) is 3.47. The van der Waals surface area contributed by atoms with E-state index in [1.807, 2.05) is 5.38 Å². The molecule has 1 aliphatic rings. The summed E-state index contributed by atoms with van der Waals surface area (Å²) in [5.41, 5.74) is 5.95. The van der Waals surface area contributed by atoms with E-state index < -0.39 is 0 Å². The number of thiazole rings is 1. The fourth-order valence-electron chi connectivity index (χ4n) is 1.45. The van der Waals surface area contributed by atoms with Crippen LogP contribution in [-0.2, 0) is 15.9 Å². The minimum atomic E-state index is -0.107. The first-order valence-corrected chi connectivity index (χ1v) is 5.60. The Balaban J connectivity index is 1.75. The topological polar surface area (TPSA) is 57.4 Å². The van der Waals surface area contributed by atoms with Crippen LogP contribution in [0.15, 0.2) is 11.6 Å². The molecule has 0 aromatic carbocycles. The maximum absolute atomic E-state index is 5.95. The molecule has 0 bridgehead atoms. The third-order valence-electron chi connectivity index (χ3n) is 2.11. The van der Waals surface area contributed by atoms with Gasteiger partial charge < -0.3 is 15.2 Å². The highest BCUT2D eigenvalue weighted by molar-refractivity contribution is 7.09. The summed E-state index contributed by atoms with van der Waals surface area (Å²) in [6.45, 7) is 1.38. The number of nitrogens with zero attached hydrogens (tertiary/aromatic N) is 1. The van der Waals surface area contributed by atoms with Crippen LogP contribution in [0.2, 0.25) is 0 Å². The molecule has 78 valence electrons. The monoisotopic (exact) mass is 214 g/mol. The van der Waals surface area contributed by atoms with Gasteiger partial charge in [-0.25, -0.2) is 4.98 Å². The minimum Gasteiger partial charge on any atom is -0.350 e. The molecule has 5 heteroatoms. The highest BCUT2D eigenvalue weighted by atomic mass is 32.1. The predicted octanol–water partition coefficient (Wildman–Crippen LogP) is 0.776. The van der Waals surface area contributed by atoms with Gasteiger partial charge in [-0.1, -0.05) is 0 Å². The molecule has 1 saturated heterocycles. The van der Waals surface area contributed by atoms with Crippen molar-refractivity contribution in [1.82, 2.24) is 4.98 Å². The summed E-state index contributed by atoms with van der Waals surface area (Å²) in [4.78, 5) is 4.19. The lowest BCUT2D eigenvalue weighted by Crippen LogP contribution is -2.28. The van der Waals surface area contributed by atoms with Crippen molar-refractivity contribution in [2.75, 3.05) is 13.2 Å². The number of hydrogen-bond donors (Lipinski definition) is 1. The van der Waals surface area contributed by atoms with E-state index in [2.05, 4.69) is 4.98 Å². The third kappa shape index (κ3) is 2.75. The van der Waals surface area contributed by atoms with Crippen LogP contribution >= 0.6 is 11.3 Å². The average molecular weight is 214 g/mol. The van der Waals surface area contributed by atoms with Gasteiger partial charge in [0.1, 0.15) is 0 Å². The second-order valence-corrected chi connectivity index (χ2v) is 4.28. The van der Waals surface area contributed by atoms with Crippen LogP contribution in [0.3, 0.4) is 0 Å². The molecule has 1 fully saturated rings. The van der Waals surface area contributed by atoms with Crippen molar-refractivity contribution in [3.8, 4) is 0 Å². The molecule has 1 atom stereocenters.